The zero-order valence-corrected chi connectivity index (χ0v) is 14.5. The quantitative estimate of drug-likeness (QED) is 0.743. The number of rotatable bonds is 5. The summed E-state index contributed by atoms with van der Waals surface area (Å²) < 4.78 is 5.86. The maximum atomic E-state index is 12.3. The second-order valence-corrected chi connectivity index (χ2v) is 6.38. The van der Waals surface area contributed by atoms with Crippen LogP contribution in [0.4, 0.5) is 0 Å². The number of halogens is 1. The molecule has 1 aliphatic carbocycles. The minimum Gasteiger partial charge on any atom is -0.452 e. The number of amides is 1. The zero-order chi connectivity index (χ0) is 15.9. The smallest absolute Gasteiger partial charge is 0.339 e. The molecule has 0 aliphatic heterocycles. The van der Waals surface area contributed by atoms with E-state index in [4.69, 9.17) is 4.74 Å². The summed E-state index contributed by atoms with van der Waals surface area (Å²) in [4.78, 5) is 26.2. The second kappa shape index (κ2) is 8.32. The van der Waals surface area contributed by atoms with Crippen LogP contribution in [0.25, 0.3) is 0 Å². The number of likely N-dealkylation sites (N-methyl/N-ethyl adjacent to an activating group) is 1. The van der Waals surface area contributed by atoms with Crippen molar-refractivity contribution in [3.63, 3.8) is 0 Å². The van der Waals surface area contributed by atoms with Crippen molar-refractivity contribution in [1.82, 2.24) is 4.90 Å². The number of carbonyl (C=O) groups is 2. The van der Waals surface area contributed by atoms with E-state index < -0.39 is 5.97 Å². The van der Waals surface area contributed by atoms with E-state index in [9.17, 15) is 9.59 Å². The van der Waals surface area contributed by atoms with Gasteiger partial charge in [0.2, 0.25) is 0 Å². The van der Waals surface area contributed by atoms with E-state index in [1.165, 1.54) is 19.3 Å². The third-order valence-corrected chi connectivity index (χ3v) is 4.79. The normalized spacial score (nSPS) is 15.4. The second-order valence-electron chi connectivity index (χ2n) is 5.53. The Bertz CT molecular complexity index is 526. The fourth-order valence-electron chi connectivity index (χ4n) is 2.95. The van der Waals surface area contributed by atoms with Gasteiger partial charge in [-0.2, -0.15) is 0 Å². The number of ether oxygens (including phenoxy) is 1. The highest BCUT2D eigenvalue weighted by Crippen LogP contribution is 2.23. The van der Waals surface area contributed by atoms with Gasteiger partial charge in [-0.3, -0.25) is 4.79 Å². The first-order valence-corrected chi connectivity index (χ1v) is 8.64. The molecule has 1 saturated carbocycles. The molecule has 0 spiro atoms. The average molecular weight is 368 g/mol. The van der Waals surface area contributed by atoms with E-state index in [-0.39, 0.29) is 12.5 Å². The molecular weight excluding hydrogens is 346 g/mol. The van der Waals surface area contributed by atoms with Crippen LogP contribution < -0.4 is 0 Å². The molecule has 0 atom stereocenters. The van der Waals surface area contributed by atoms with Crippen LogP contribution in [0.5, 0.6) is 0 Å². The Morgan fingerprint density at radius 3 is 2.55 bits per heavy atom. The van der Waals surface area contributed by atoms with Gasteiger partial charge in [-0.25, -0.2) is 4.79 Å². The van der Waals surface area contributed by atoms with Crippen molar-refractivity contribution in [2.75, 3.05) is 13.2 Å². The molecule has 0 radical (unpaired) electrons. The molecule has 1 aliphatic rings. The Morgan fingerprint density at radius 2 is 1.91 bits per heavy atom. The van der Waals surface area contributed by atoms with Crippen LogP contribution in [0.15, 0.2) is 28.7 Å². The van der Waals surface area contributed by atoms with Crippen molar-refractivity contribution in [1.29, 1.82) is 0 Å². The molecule has 5 heteroatoms. The lowest BCUT2D eigenvalue weighted by molar-refractivity contribution is -0.137. The highest BCUT2D eigenvalue weighted by Gasteiger charge is 2.25. The van der Waals surface area contributed by atoms with Gasteiger partial charge in [0, 0.05) is 17.1 Å². The fourth-order valence-corrected chi connectivity index (χ4v) is 3.39. The summed E-state index contributed by atoms with van der Waals surface area (Å²) in [6, 6.07) is 7.35. The van der Waals surface area contributed by atoms with Crippen LogP contribution in [-0.2, 0) is 9.53 Å². The number of carbonyl (C=O) groups excluding carboxylic acids is 2. The third-order valence-electron chi connectivity index (χ3n) is 4.10. The first-order valence-electron chi connectivity index (χ1n) is 7.84. The zero-order valence-electron chi connectivity index (χ0n) is 12.9. The van der Waals surface area contributed by atoms with Crippen molar-refractivity contribution in [2.24, 2.45) is 0 Å². The van der Waals surface area contributed by atoms with Crippen LogP contribution >= 0.6 is 15.9 Å². The molecule has 2 rings (SSSR count). The molecule has 22 heavy (non-hydrogen) atoms. The molecule has 1 fully saturated rings. The summed E-state index contributed by atoms with van der Waals surface area (Å²) in [7, 11) is 0. The molecule has 120 valence electrons. The summed E-state index contributed by atoms with van der Waals surface area (Å²) in [5, 5.41) is 0. The summed E-state index contributed by atoms with van der Waals surface area (Å²) in [5.41, 5.74) is 0.441. The fraction of sp³-hybridized carbons (Fsp3) is 0.529. The van der Waals surface area contributed by atoms with Gasteiger partial charge < -0.3 is 9.64 Å². The monoisotopic (exact) mass is 367 g/mol. The number of hydrogen-bond donors (Lipinski definition) is 0. The van der Waals surface area contributed by atoms with Gasteiger partial charge in [-0.15, -0.1) is 0 Å². The Kier molecular flexibility index (Phi) is 6.43. The van der Waals surface area contributed by atoms with E-state index in [2.05, 4.69) is 15.9 Å². The summed E-state index contributed by atoms with van der Waals surface area (Å²) >= 11 is 3.31. The lowest BCUT2D eigenvalue weighted by Gasteiger charge is -2.33. The predicted octanol–water partition coefficient (Wildman–Crippen LogP) is 3.79. The predicted molar refractivity (Wildman–Crippen MR) is 88.7 cm³/mol. The van der Waals surface area contributed by atoms with Crippen LogP contribution in [0.3, 0.4) is 0 Å². The first kappa shape index (κ1) is 17.0. The van der Waals surface area contributed by atoms with Gasteiger partial charge in [0.25, 0.3) is 5.91 Å². The van der Waals surface area contributed by atoms with Gasteiger partial charge in [-0.05, 0) is 47.8 Å². The van der Waals surface area contributed by atoms with Crippen LogP contribution in [0.1, 0.15) is 49.4 Å². The third kappa shape index (κ3) is 4.32. The van der Waals surface area contributed by atoms with E-state index in [0.29, 0.717) is 22.6 Å². The molecule has 0 aromatic heterocycles. The molecule has 0 saturated heterocycles. The molecule has 1 amide bonds. The molecule has 0 heterocycles. The minimum atomic E-state index is -0.472. The molecule has 0 bridgehead atoms. The number of benzene rings is 1. The van der Waals surface area contributed by atoms with Crippen LogP contribution in [-0.4, -0.2) is 36.0 Å². The van der Waals surface area contributed by atoms with E-state index in [1.54, 1.807) is 18.2 Å². The van der Waals surface area contributed by atoms with Gasteiger partial charge in [-0.1, -0.05) is 31.4 Å². The number of nitrogens with zero attached hydrogens (tertiary/aromatic N) is 1. The molecule has 0 N–H and O–H groups in total. The van der Waals surface area contributed by atoms with Crippen molar-refractivity contribution in [3.8, 4) is 0 Å². The Morgan fingerprint density at radius 1 is 1.23 bits per heavy atom. The van der Waals surface area contributed by atoms with Crippen molar-refractivity contribution >= 4 is 27.8 Å². The van der Waals surface area contributed by atoms with Gasteiger partial charge in [0.1, 0.15) is 0 Å². The Balaban J connectivity index is 1.90. The largest absolute Gasteiger partial charge is 0.452 e. The highest BCUT2D eigenvalue weighted by atomic mass is 79.9. The van der Waals surface area contributed by atoms with Crippen molar-refractivity contribution in [2.45, 2.75) is 45.1 Å². The van der Waals surface area contributed by atoms with Crippen molar-refractivity contribution in [3.05, 3.63) is 34.3 Å². The Labute approximate surface area is 140 Å². The maximum absolute atomic E-state index is 12.3. The SMILES string of the molecule is CCN(C(=O)COC(=O)c1ccccc1Br)C1CCCCC1. The Hall–Kier alpha value is -1.36. The standard InChI is InChI=1S/C17H22BrNO3/c1-2-19(13-8-4-3-5-9-13)16(20)12-22-17(21)14-10-6-7-11-15(14)18/h6-7,10-11,13H,2-5,8-9,12H2,1H3. The average Bonchev–Trinajstić information content (AvgIpc) is 2.55. The van der Waals surface area contributed by atoms with E-state index >= 15 is 0 Å². The molecule has 1 aromatic carbocycles. The van der Waals surface area contributed by atoms with Crippen molar-refractivity contribution < 1.29 is 14.3 Å². The van der Waals surface area contributed by atoms with Gasteiger partial charge in [0.05, 0.1) is 5.56 Å². The van der Waals surface area contributed by atoms with E-state index in [0.717, 1.165) is 12.8 Å². The van der Waals surface area contributed by atoms with E-state index in [1.807, 2.05) is 17.9 Å². The lowest BCUT2D eigenvalue weighted by Crippen LogP contribution is -2.43. The van der Waals surface area contributed by atoms with Gasteiger partial charge >= 0.3 is 5.97 Å². The van der Waals surface area contributed by atoms with Crippen LogP contribution in [0, 0.1) is 0 Å². The molecular formula is C17H22BrNO3. The summed E-state index contributed by atoms with van der Waals surface area (Å²) in [6.07, 6.45) is 5.70. The first-order chi connectivity index (χ1) is 10.6. The number of esters is 1. The van der Waals surface area contributed by atoms with Crippen LogP contribution in [0.2, 0.25) is 0 Å². The summed E-state index contributed by atoms with van der Waals surface area (Å²) in [6.45, 7) is 2.45. The van der Waals surface area contributed by atoms with Gasteiger partial charge in [0.15, 0.2) is 6.61 Å². The topological polar surface area (TPSA) is 46.6 Å². The molecule has 0 unspecified atom stereocenters. The molecule has 1 aromatic rings. The maximum Gasteiger partial charge on any atom is 0.339 e. The molecule has 4 nitrogen and oxygen atoms in total. The lowest BCUT2D eigenvalue weighted by atomic mass is 9.94. The highest BCUT2D eigenvalue weighted by molar-refractivity contribution is 9.10. The minimum absolute atomic E-state index is 0.102. The summed E-state index contributed by atoms with van der Waals surface area (Å²) in [5.74, 6) is -0.574. The number of hydrogen-bond acceptors (Lipinski definition) is 3.